The molecule has 0 aliphatic heterocycles. The van der Waals surface area contributed by atoms with E-state index in [4.69, 9.17) is 5.73 Å². The molecule has 0 fully saturated rings. The SMILES string of the molecule is CNC(=O)c1cccc(N=C(N)NC(=O)c2ccccc2)c1. The quantitative estimate of drug-likeness (QED) is 0.590. The van der Waals surface area contributed by atoms with E-state index in [9.17, 15) is 9.59 Å². The van der Waals surface area contributed by atoms with Gasteiger partial charge in [0.1, 0.15) is 0 Å². The molecule has 0 radical (unpaired) electrons. The van der Waals surface area contributed by atoms with Gasteiger partial charge >= 0.3 is 0 Å². The molecule has 0 bridgehead atoms. The molecule has 2 rings (SSSR count). The van der Waals surface area contributed by atoms with Crippen molar-refractivity contribution >= 4 is 23.5 Å². The van der Waals surface area contributed by atoms with E-state index in [0.29, 0.717) is 16.8 Å². The summed E-state index contributed by atoms with van der Waals surface area (Å²) in [4.78, 5) is 27.6. The van der Waals surface area contributed by atoms with Gasteiger partial charge in [-0.2, -0.15) is 0 Å². The fraction of sp³-hybridized carbons (Fsp3) is 0.0625. The average molecular weight is 296 g/mol. The first kappa shape index (κ1) is 15.2. The highest BCUT2D eigenvalue weighted by Crippen LogP contribution is 2.13. The molecule has 22 heavy (non-hydrogen) atoms. The van der Waals surface area contributed by atoms with E-state index in [1.807, 2.05) is 6.07 Å². The van der Waals surface area contributed by atoms with Crippen LogP contribution in [0.4, 0.5) is 5.69 Å². The number of carbonyl (C=O) groups is 2. The number of amides is 2. The minimum absolute atomic E-state index is 0.0390. The van der Waals surface area contributed by atoms with E-state index < -0.39 is 0 Å². The second-order valence-corrected chi connectivity index (χ2v) is 4.45. The number of carbonyl (C=O) groups excluding carboxylic acids is 2. The van der Waals surface area contributed by atoms with Gasteiger partial charge in [0, 0.05) is 18.2 Å². The summed E-state index contributed by atoms with van der Waals surface area (Å²) in [5, 5.41) is 5.02. The fourth-order valence-electron chi connectivity index (χ4n) is 1.81. The predicted molar refractivity (Wildman–Crippen MR) is 85.0 cm³/mol. The van der Waals surface area contributed by atoms with Gasteiger partial charge in [-0.15, -0.1) is 0 Å². The van der Waals surface area contributed by atoms with Gasteiger partial charge in [0.05, 0.1) is 5.69 Å². The zero-order valence-corrected chi connectivity index (χ0v) is 12.0. The summed E-state index contributed by atoms with van der Waals surface area (Å²) in [5.74, 6) is -0.601. The molecule has 0 heterocycles. The average Bonchev–Trinajstić information content (AvgIpc) is 2.55. The van der Waals surface area contributed by atoms with E-state index >= 15 is 0 Å². The van der Waals surface area contributed by atoms with Gasteiger partial charge in [0.25, 0.3) is 11.8 Å². The topological polar surface area (TPSA) is 96.6 Å². The number of hydrogen-bond acceptors (Lipinski definition) is 3. The lowest BCUT2D eigenvalue weighted by Gasteiger charge is -2.05. The smallest absolute Gasteiger partial charge is 0.257 e. The molecule has 6 nitrogen and oxygen atoms in total. The predicted octanol–water partition coefficient (Wildman–Crippen LogP) is 1.42. The van der Waals surface area contributed by atoms with Gasteiger partial charge in [-0.05, 0) is 30.3 Å². The molecule has 4 N–H and O–H groups in total. The Bertz CT molecular complexity index is 711. The largest absolute Gasteiger partial charge is 0.369 e. The third kappa shape index (κ3) is 3.92. The maximum Gasteiger partial charge on any atom is 0.257 e. The molecule has 0 aromatic heterocycles. The number of nitrogens with two attached hydrogens (primary N) is 1. The van der Waals surface area contributed by atoms with Gasteiger partial charge in [-0.3, -0.25) is 14.9 Å². The first-order valence-corrected chi connectivity index (χ1v) is 6.63. The van der Waals surface area contributed by atoms with E-state index in [1.54, 1.807) is 55.6 Å². The molecule has 0 saturated heterocycles. The second-order valence-electron chi connectivity index (χ2n) is 4.45. The van der Waals surface area contributed by atoms with Gasteiger partial charge in [0.15, 0.2) is 0 Å². The Morgan fingerprint density at radius 3 is 2.32 bits per heavy atom. The highest BCUT2D eigenvalue weighted by atomic mass is 16.2. The molecular weight excluding hydrogens is 280 g/mol. The van der Waals surface area contributed by atoms with Crippen molar-refractivity contribution in [1.29, 1.82) is 0 Å². The van der Waals surface area contributed by atoms with Crippen molar-refractivity contribution < 1.29 is 9.59 Å². The maximum absolute atomic E-state index is 11.9. The van der Waals surface area contributed by atoms with Gasteiger partial charge in [-0.25, -0.2) is 4.99 Å². The number of benzene rings is 2. The normalized spacial score (nSPS) is 10.9. The summed E-state index contributed by atoms with van der Waals surface area (Å²) in [6.07, 6.45) is 0. The van der Waals surface area contributed by atoms with Crippen LogP contribution in [-0.4, -0.2) is 24.8 Å². The molecule has 0 unspecified atom stereocenters. The van der Waals surface area contributed by atoms with Crippen LogP contribution in [0.25, 0.3) is 0 Å². The summed E-state index contributed by atoms with van der Waals surface area (Å²) in [6, 6.07) is 15.3. The van der Waals surface area contributed by atoms with E-state index in [0.717, 1.165) is 0 Å². The van der Waals surface area contributed by atoms with Crippen molar-refractivity contribution in [2.24, 2.45) is 10.7 Å². The highest BCUT2D eigenvalue weighted by molar-refractivity contribution is 6.05. The van der Waals surface area contributed by atoms with Crippen LogP contribution in [0.5, 0.6) is 0 Å². The number of guanidine groups is 1. The summed E-state index contributed by atoms with van der Waals surface area (Å²) < 4.78 is 0. The molecule has 0 atom stereocenters. The lowest BCUT2D eigenvalue weighted by atomic mass is 10.2. The third-order valence-corrected chi connectivity index (χ3v) is 2.86. The van der Waals surface area contributed by atoms with Crippen molar-refractivity contribution in [3.8, 4) is 0 Å². The number of aliphatic imine (C=N–C) groups is 1. The number of hydrogen-bond donors (Lipinski definition) is 3. The maximum atomic E-state index is 11.9. The summed E-state index contributed by atoms with van der Waals surface area (Å²) >= 11 is 0. The van der Waals surface area contributed by atoms with Crippen LogP contribution in [0.15, 0.2) is 59.6 Å². The van der Waals surface area contributed by atoms with Crippen LogP contribution in [0, 0.1) is 0 Å². The lowest BCUT2D eigenvalue weighted by molar-refractivity contribution is 0.0959. The Morgan fingerprint density at radius 2 is 1.64 bits per heavy atom. The molecule has 2 aromatic carbocycles. The molecule has 2 amide bonds. The van der Waals surface area contributed by atoms with Gasteiger partial charge in [0.2, 0.25) is 5.96 Å². The van der Waals surface area contributed by atoms with Gasteiger partial charge in [-0.1, -0.05) is 24.3 Å². The van der Waals surface area contributed by atoms with E-state index in [1.165, 1.54) is 0 Å². The van der Waals surface area contributed by atoms with Crippen LogP contribution in [-0.2, 0) is 0 Å². The third-order valence-electron chi connectivity index (χ3n) is 2.86. The Labute approximate surface area is 128 Å². The molecule has 2 aromatic rings. The molecular formula is C16H16N4O2. The molecule has 0 saturated carbocycles. The minimum atomic E-state index is -0.343. The molecule has 0 spiro atoms. The number of rotatable bonds is 3. The van der Waals surface area contributed by atoms with Crippen molar-refractivity contribution in [3.63, 3.8) is 0 Å². The van der Waals surface area contributed by atoms with Crippen LogP contribution in [0.3, 0.4) is 0 Å². The Morgan fingerprint density at radius 1 is 0.955 bits per heavy atom. The van der Waals surface area contributed by atoms with Crippen LogP contribution >= 0.6 is 0 Å². The summed E-state index contributed by atoms with van der Waals surface area (Å²) in [5.41, 5.74) is 7.15. The first-order chi connectivity index (χ1) is 10.6. The fourth-order valence-corrected chi connectivity index (χ4v) is 1.81. The van der Waals surface area contributed by atoms with Crippen molar-refractivity contribution in [1.82, 2.24) is 10.6 Å². The van der Waals surface area contributed by atoms with Crippen molar-refractivity contribution in [2.45, 2.75) is 0 Å². The summed E-state index contributed by atoms with van der Waals surface area (Å²) in [6.45, 7) is 0. The molecule has 112 valence electrons. The first-order valence-electron chi connectivity index (χ1n) is 6.63. The van der Waals surface area contributed by atoms with E-state index in [-0.39, 0.29) is 17.8 Å². The van der Waals surface area contributed by atoms with Crippen molar-refractivity contribution in [3.05, 3.63) is 65.7 Å². The standard InChI is InChI=1S/C16H16N4O2/c1-18-14(21)12-8-5-9-13(10-12)19-16(17)20-15(22)11-6-3-2-4-7-11/h2-10H,1H3,(H,18,21)(H3,17,19,20,22). The number of nitrogens with zero attached hydrogens (tertiary/aromatic N) is 1. The summed E-state index contributed by atoms with van der Waals surface area (Å²) in [7, 11) is 1.55. The minimum Gasteiger partial charge on any atom is -0.369 e. The molecule has 0 aliphatic carbocycles. The van der Waals surface area contributed by atoms with Crippen LogP contribution in [0.2, 0.25) is 0 Å². The molecule has 0 aliphatic rings. The van der Waals surface area contributed by atoms with Crippen LogP contribution < -0.4 is 16.4 Å². The Hall–Kier alpha value is -3.15. The zero-order valence-electron chi connectivity index (χ0n) is 12.0. The second kappa shape index (κ2) is 7.03. The number of nitrogens with one attached hydrogen (secondary N) is 2. The monoisotopic (exact) mass is 296 g/mol. The zero-order chi connectivity index (χ0) is 15.9. The Kier molecular flexibility index (Phi) is 4.87. The van der Waals surface area contributed by atoms with E-state index in [2.05, 4.69) is 15.6 Å². The van der Waals surface area contributed by atoms with Crippen molar-refractivity contribution in [2.75, 3.05) is 7.05 Å². The lowest BCUT2D eigenvalue weighted by Crippen LogP contribution is -2.36. The van der Waals surface area contributed by atoms with Gasteiger partial charge < -0.3 is 11.1 Å². The highest BCUT2D eigenvalue weighted by Gasteiger charge is 2.07. The molecule has 6 heteroatoms. The van der Waals surface area contributed by atoms with Crippen LogP contribution in [0.1, 0.15) is 20.7 Å². The Balaban J connectivity index is 2.12.